The minimum absolute atomic E-state index is 0.0480. The van der Waals surface area contributed by atoms with Crippen LogP contribution in [-0.2, 0) is 22.6 Å². The molecule has 9 heteroatoms. The zero-order valence-electron chi connectivity index (χ0n) is 18.1. The lowest BCUT2D eigenvalue weighted by molar-refractivity contribution is -0.137. The van der Waals surface area contributed by atoms with Crippen molar-refractivity contribution < 1.29 is 23.6 Å². The molecular weight excluding hydrogens is 400 g/mol. The van der Waals surface area contributed by atoms with Crippen LogP contribution in [0.2, 0.25) is 0 Å². The molecule has 0 unspecified atom stereocenters. The van der Waals surface area contributed by atoms with Gasteiger partial charge in [0, 0.05) is 31.0 Å². The van der Waals surface area contributed by atoms with Crippen LogP contribution in [0.25, 0.3) is 0 Å². The molecule has 2 aliphatic heterocycles. The van der Waals surface area contributed by atoms with E-state index in [0.29, 0.717) is 43.4 Å². The highest BCUT2D eigenvalue weighted by atomic mass is 16.5. The zero-order chi connectivity index (χ0) is 22.0. The topological polar surface area (TPSA) is 107 Å². The number of nitrogens with zero attached hydrogens (tertiary/aromatic N) is 3. The van der Waals surface area contributed by atoms with Crippen molar-refractivity contribution in [2.45, 2.75) is 52.2 Å². The Morgan fingerprint density at radius 2 is 2.06 bits per heavy atom. The summed E-state index contributed by atoms with van der Waals surface area (Å²) < 4.78 is 16.8. The maximum Gasteiger partial charge on any atom is 0.260 e. The summed E-state index contributed by atoms with van der Waals surface area (Å²) in [6.45, 7) is 7.01. The fourth-order valence-corrected chi connectivity index (χ4v) is 4.04. The van der Waals surface area contributed by atoms with Crippen LogP contribution in [0.1, 0.15) is 44.0 Å². The quantitative estimate of drug-likeness (QED) is 0.750. The van der Waals surface area contributed by atoms with Crippen LogP contribution in [0.3, 0.4) is 0 Å². The summed E-state index contributed by atoms with van der Waals surface area (Å²) in [4.78, 5) is 30.8. The van der Waals surface area contributed by atoms with Gasteiger partial charge in [-0.15, -0.1) is 0 Å². The normalized spacial score (nSPS) is 17.7. The van der Waals surface area contributed by atoms with Crippen LogP contribution in [0.15, 0.2) is 22.7 Å². The molecule has 9 nitrogen and oxygen atoms in total. The van der Waals surface area contributed by atoms with E-state index >= 15 is 0 Å². The number of hydrogen-bond acceptors (Lipinski definition) is 7. The van der Waals surface area contributed by atoms with E-state index in [-0.39, 0.29) is 36.5 Å². The molecule has 2 amide bonds. The van der Waals surface area contributed by atoms with Crippen LogP contribution < -0.4 is 14.8 Å². The van der Waals surface area contributed by atoms with E-state index in [2.05, 4.69) is 15.5 Å². The highest BCUT2D eigenvalue weighted by molar-refractivity contribution is 5.80. The predicted octanol–water partition coefficient (Wildman–Crippen LogP) is 2.03. The summed E-state index contributed by atoms with van der Waals surface area (Å²) in [5.41, 5.74) is 0.828. The Morgan fingerprint density at radius 1 is 1.29 bits per heavy atom. The van der Waals surface area contributed by atoms with Crippen molar-refractivity contribution in [1.29, 1.82) is 0 Å². The summed E-state index contributed by atoms with van der Waals surface area (Å²) in [6.07, 6.45) is 2.03. The van der Waals surface area contributed by atoms with Crippen molar-refractivity contribution in [3.63, 3.8) is 0 Å². The Balaban J connectivity index is 1.23. The molecule has 1 fully saturated rings. The minimum atomic E-state index is -0.267. The monoisotopic (exact) mass is 428 g/mol. The Labute approximate surface area is 181 Å². The number of hydrogen-bond donors (Lipinski definition) is 1. The number of aryl methyl sites for hydroxylation is 1. The van der Waals surface area contributed by atoms with Crippen molar-refractivity contribution in [3.05, 3.63) is 35.5 Å². The Kier molecular flexibility index (Phi) is 5.84. The summed E-state index contributed by atoms with van der Waals surface area (Å²) in [6, 6.07) is 5.77. The van der Waals surface area contributed by atoms with Gasteiger partial charge in [-0.25, -0.2) is 0 Å². The number of carbonyl (C=O) groups is 2. The number of amides is 2. The first-order chi connectivity index (χ1) is 14.8. The number of aromatic nitrogens is 2. The average molecular weight is 428 g/mol. The van der Waals surface area contributed by atoms with E-state index < -0.39 is 0 Å². The number of nitrogens with one attached hydrogen (secondary N) is 1. The van der Waals surface area contributed by atoms with E-state index in [0.717, 1.165) is 17.7 Å². The van der Waals surface area contributed by atoms with E-state index in [1.165, 1.54) is 0 Å². The Bertz CT molecular complexity index is 963. The van der Waals surface area contributed by atoms with Crippen LogP contribution in [0.5, 0.6) is 11.5 Å². The number of fused-ring (bicyclic) bond motifs is 1. The summed E-state index contributed by atoms with van der Waals surface area (Å²) in [5, 5.41) is 6.53. The van der Waals surface area contributed by atoms with Gasteiger partial charge in [0.05, 0.1) is 6.54 Å². The highest BCUT2D eigenvalue weighted by Crippen LogP contribution is 2.41. The molecule has 0 bridgehead atoms. The first-order valence-corrected chi connectivity index (χ1v) is 10.6. The van der Waals surface area contributed by atoms with Crippen LogP contribution in [0.4, 0.5) is 0 Å². The van der Waals surface area contributed by atoms with Gasteiger partial charge in [-0.05, 0) is 39.7 Å². The summed E-state index contributed by atoms with van der Waals surface area (Å²) in [7, 11) is 0. The third kappa shape index (κ3) is 4.98. The largest absolute Gasteiger partial charge is 0.483 e. The number of para-hydroxylation sites is 1. The Morgan fingerprint density at radius 3 is 2.77 bits per heavy atom. The maximum absolute atomic E-state index is 12.6. The maximum atomic E-state index is 12.6. The molecule has 0 radical (unpaired) electrons. The molecule has 2 aromatic rings. The van der Waals surface area contributed by atoms with E-state index in [4.69, 9.17) is 14.0 Å². The molecule has 0 atom stereocenters. The number of piperidine rings is 1. The summed E-state index contributed by atoms with van der Waals surface area (Å²) >= 11 is 0. The first kappa shape index (κ1) is 21.1. The van der Waals surface area contributed by atoms with Crippen LogP contribution >= 0.6 is 0 Å². The summed E-state index contributed by atoms with van der Waals surface area (Å²) in [5.74, 6) is 1.97. The van der Waals surface area contributed by atoms with Gasteiger partial charge in [0.25, 0.3) is 5.91 Å². The van der Waals surface area contributed by atoms with Crippen LogP contribution in [0, 0.1) is 12.8 Å². The Hall–Kier alpha value is -3.10. The van der Waals surface area contributed by atoms with Gasteiger partial charge in [0.1, 0.15) is 5.60 Å². The van der Waals surface area contributed by atoms with Gasteiger partial charge in [0.2, 0.25) is 11.8 Å². The molecule has 4 rings (SSSR count). The average Bonchev–Trinajstić information content (AvgIpc) is 3.31. The van der Waals surface area contributed by atoms with Gasteiger partial charge in [0.15, 0.2) is 23.9 Å². The van der Waals surface area contributed by atoms with Crippen LogP contribution in [-0.4, -0.2) is 52.2 Å². The molecule has 1 aromatic carbocycles. The van der Waals surface area contributed by atoms with Gasteiger partial charge in [-0.2, -0.15) is 4.98 Å². The zero-order valence-corrected chi connectivity index (χ0v) is 18.1. The molecule has 166 valence electrons. The van der Waals surface area contributed by atoms with E-state index in [1.54, 1.807) is 11.8 Å². The number of benzene rings is 1. The first-order valence-electron chi connectivity index (χ1n) is 10.6. The molecule has 0 spiro atoms. The van der Waals surface area contributed by atoms with Gasteiger partial charge in [-0.1, -0.05) is 17.3 Å². The highest BCUT2D eigenvalue weighted by Gasteiger charge is 2.33. The number of likely N-dealkylation sites (tertiary alicyclic amines) is 1. The van der Waals surface area contributed by atoms with E-state index in [1.807, 2.05) is 32.0 Å². The van der Waals surface area contributed by atoms with Gasteiger partial charge < -0.3 is 24.2 Å². The van der Waals surface area contributed by atoms with Crippen molar-refractivity contribution in [1.82, 2.24) is 20.4 Å². The van der Waals surface area contributed by atoms with Crippen molar-refractivity contribution in [3.8, 4) is 11.5 Å². The molecule has 0 saturated carbocycles. The van der Waals surface area contributed by atoms with Crippen molar-refractivity contribution in [2.75, 3.05) is 19.7 Å². The third-order valence-electron chi connectivity index (χ3n) is 5.61. The molecule has 0 aliphatic carbocycles. The lowest BCUT2D eigenvalue weighted by Gasteiger charge is -2.31. The van der Waals surface area contributed by atoms with Crippen molar-refractivity contribution >= 4 is 11.8 Å². The van der Waals surface area contributed by atoms with E-state index in [9.17, 15) is 9.59 Å². The van der Waals surface area contributed by atoms with Crippen molar-refractivity contribution in [2.24, 2.45) is 5.92 Å². The standard InChI is InChI=1S/C22H28N4O5/c1-14-24-18(31-25-14)12-23-21(28)15-7-9-26(10-8-15)19(27)13-29-17-6-4-5-16-11-22(2,3)30-20(16)17/h4-6,15H,7-13H2,1-3H3,(H,23,28). The fraction of sp³-hybridized carbons (Fsp3) is 0.545. The smallest absolute Gasteiger partial charge is 0.260 e. The molecule has 1 saturated heterocycles. The second-order valence-corrected chi connectivity index (χ2v) is 8.68. The molecule has 1 N–H and O–H groups in total. The number of rotatable bonds is 6. The lowest BCUT2D eigenvalue weighted by Crippen LogP contribution is -2.44. The lowest BCUT2D eigenvalue weighted by atomic mass is 9.96. The predicted molar refractivity (Wildman–Crippen MR) is 111 cm³/mol. The third-order valence-corrected chi connectivity index (χ3v) is 5.61. The minimum Gasteiger partial charge on any atom is -0.483 e. The molecule has 1 aromatic heterocycles. The van der Waals surface area contributed by atoms with Gasteiger partial charge >= 0.3 is 0 Å². The SMILES string of the molecule is Cc1noc(CNC(=O)C2CCN(C(=O)COc3cccc4c3OC(C)(C)C4)CC2)n1. The molecular formula is C22H28N4O5. The number of carbonyl (C=O) groups excluding carboxylic acids is 2. The molecule has 3 heterocycles. The number of ether oxygens (including phenoxy) is 2. The molecule has 31 heavy (non-hydrogen) atoms. The second kappa shape index (κ2) is 8.56. The fourth-order valence-electron chi connectivity index (χ4n) is 4.04. The second-order valence-electron chi connectivity index (χ2n) is 8.68. The molecule has 2 aliphatic rings. The van der Waals surface area contributed by atoms with Gasteiger partial charge in [-0.3, -0.25) is 9.59 Å².